The molecular weight excluding hydrogens is 368 g/mol. The number of carbonyl (C=O) groups excluding carboxylic acids is 2. The minimum Gasteiger partial charge on any atom is -0.322 e. The largest absolute Gasteiger partial charge is 0.322 e. The van der Waals surface area contributed by atoms with E-state index in [9.17, 15) is 9.59 Å². The van der Waals surface area contributed by atoms with Gasteiger partial charge in [-0.05, 0) is 43.2 Å². The zero-order valence-electron chi connectivity index (χ0n) is 16.6. The van der Waals surface area contributed by atoms with Gasteiger partial charge in [0.05, 0.1) is 11.4 Å². The molecule has 0 aliphatic carbocycles. The lowest BCUT2D eigenvalue weighted by molar-refractivity contribution is -0.127. The molecule has 2 amide bonds. The molecule has 0 spiro atoms. The Morgan fingerprint density at radius 3 is 2.55 bits per heavy atom. The summed E-state index contributed by atoms with van der Waals surface area (Å²) in [5.41, 5.74) is 2.28. The van der Waals surface area contributed by atoms with Gasteiger partial charge in [-0.25, -0.2) is 0 Å². The number of rotatable bonds is 4. The Hall–Kier alpha value is -3.55. The molecule has 2 aromatic carbocycles. The number of aryl methyl sites for hydroxylation is 1. The second-order valence-corrected chi connectivity index (χ2v) is 7.45. The maximum Gasteiger partial charge on any atom is 0.251 e. The van der Waals surface area contributed by atoms with Gasteiger partial charge >= 0.3 is 0 Å². The zero-order chi connectivity index (χ0) is 20.6. The molecule has 8 nitrogen and oxygen atoms in total. The van der Waals surface area contributed by atoms with E-state index in [-0.39, 0.29) is 18.4 Å². The zero-order valence-corrected chi connectivity index (χ0v) is 16.6. The van der Waals surface area contributed by atoms with Gasteiger partial charge < -0.3 is 5.32 Å². The Morgan fingerprint density at radius 1 is 1.10 bits per heavy atom. The van der Waals surface area contributed by atoms with E-state index in [1.807, 2.05) is 42.5 Å². The summed E-state index contributed by atoms with van der Waals surface area (Å²) < 4.78 is 0. The van der Waals surface area contributed by atoms with Gasteiger partial charge in [0.15, 0.2) is 0 Å². The number of nitrogens with one attached hydrogen (secondary N) is 1. The first-order chi connectivity index (χ1) is 13.9. The molecule has 4 rings (SSSR count). The van der Waals surface area contributed by atoms with Gasteiger partial charge in [-0.2, -0.15) is 4.80 Å². The minimum atomic E-state index is -1.04. The average Bonchev–Trinajstić information content (AvgIpc) is 3.17. The molecule has 0 bridgehead atoms. The van der Waals surface area contributed by atoms with E-state index in [4.69, 9.17) is 0 Å². The quantitative estimate of drug-likeness (QED) is 0.739. The number of nitrogens with zero attached hydrogens (tertiary/aromatic N) is 5. The summed E-state index contributed by atoms with van der Waals surface area (Å²) in [6.07, 6.45) is 0.954. The summed E-state index contributed by atoms with van der Waals surface area (Å²) in [4.78, 5) is 28.4. The van der Waals surface area contributed by atoms with Crippen molar-refractivity contribution in [3.8, 4) is 11.4 Å². The molecule has 1 aliphatic heterocycles. The van der Waals surface area contributed by atoms with Gasteiger partial charge in [0.25, 0.3) is 5.91 Å². The van der Waals surface area contributed by atoms with Crippen molar-refractivity contribution < 1.29 is 9.59 Å². The van der Waals surface area contributed by atoms with E-state index < -0.39 is 5.54 Å². The van der Waals surface area contributed by atoms with E-state index in [2.05, 4.69) is 27.7 Å². The number of amides is 2. The number of hydrogen-bond donors (Lipinski definition) is 1. The summed E-state index contributed by atoms with van der Waals surface area (Å²) in [5.74, 6) is -0.0770. The fourth-order valence-corrected chi connectivity index (χ4v) is 3.41. The SMILES string of the molecule is CCc1ccc(-c2nnn(CC(=O)N3c4ccccc4NC(=O)C3(C)C)n2)cc1. The summed E-state index contributed by atoms with van der Waals surface area (Å²) in [7, 11) is 0. The summed E-state index contributed by atoms with van der Waals surface area (Å²) in [6, 6.07) is 15.2. The highest BCUT2D eigenvalue weighted by Crippen LogP contribution is 2.36. The molecule has 3 aromatic rings. The highest BCUT2D eigenvalue weighted by Gasteiger charge is 2.43. The predicted molar refractivity (Wildman–Crippen MR) is 109 cm³/mol. The fourth-order valence-electron chi connectivity index (χ4n) is 3.41. The van der Waals surface area contributed by atoms with Crippen LogP contribution >= 0.6 is 0 Å². The molecule has 0 fully saturated rings. The Balaban J connectivity index is 1.59. The normalized spacial score (nSPS) is 15.0. The van der Waals surface area contributed by atoms with Crippen LogP contribution in [0.4, 0.5) is 11.4 Å². The molecule has 1 N–H and O–H groups in total. The number of carbonyl (C=O) groups is 2. The third-order valence-corrected chi connectivity index (χ3v) is 5.11. The van der Waals surface area contributed by atoms with Gasteiger partial charge in [-0.1, -0.05) is 43.3 Å². The smallest absolute Gasteiger partial charge is 0.251 e. The van der Waals surface area contributed by atoms with Crippen molar-refractivity contribution in [3.63, 3.8) is 0 Å². The van der Waals surface area contributed by atoms with Gasteiger partial charge in [-0.3, -0.25) is 14.5 Å². The number of para-hydroxylation sites is 2. The lowest BCUT2D eigenvalue weighted by Crippen LogP contribution is -2.59. The molecule has 1 aliphatic rings. The summed E-state index contributed by atoms with van der Waals surface area (Å²) in [6.45, 7) is 5.40. The van der Waals surface area contributed by atoms with Gasteiger partial charge in [0.1, 0.15) is 12.1 Å². The number of aromatic nitrogens is 4. The van der Waals surface area contributed by atoms with Crippen molar-refractivity contribution in [1.29, 1.82) is 0 Å². The maximum absolute atomic E-state index is 13.1. The topological polar surface area (TPSA) is 93.0 Å². The average molecular weight is 390 g/mol. The lowest BCUT2D eigenvalue weighted by Gasteiger charge is -2.41. The van der Waals surface area contributed by atoms with Crippen LogP contribution in [0.5, 0.6) is 0 Å². The maximum atomic E-state index is 13.1. The van der Waals surface area contributed by atoms with Crippen molar-refractivity contribution in [1.82, 2.24) is 20.2 Å². The van der Waals surface area contributed by atoms with Crippen molar-refractivity contribution in [2.45, 2.75) is 39.3 Å². The standard InChI is InChI=1S/C21H22N6O2/c1-4-14-9-11-15(12-10-14)19-23-25-26(24-19)13-18(28)27-17-8-6-5-7-16(17)22-20(29)21(27,2)3/h5-12H,4,13H2,1-3H3,(H,22,29). The van der Waals surface area contributed by atoms with Crippen molar-refractivity contribution >= 4 is 23.2 Å². The van der Waals surface area contributed by atoms with Crippen LogP contribution in [0.25, 0.3) is 11.4 Å². The van der Waals surface area contributed by atoms with E-state index in [1.165, 1.54) is 15.3 Å². The van der Waals surface area contributed by atoms with Crippen LogP contribution in [0.3, 0.4) is 0 Å². The second-order valence-electron chi connectivity index (χ2n) is 7.45. The molecule has 0 unspecified atom stereocenters. The Labute approximate surface area is 168 Å². The number of fused-ring (bicyclic) bond motifs is 1. The predicted octanol–water partition coefficient (Wildman–Crippen LogP) is 2.67. The second kappa shape index (κ2) is 7.12. The molecule has 1 aromatic heterocycles. The minimum absolute atomic E-state index is 0.120. The van der Waals surface area contributed by atoms with Crippen molar-refractivity contribution in [2.24, 2.45) is 0 Å². The third kappa shape index (κ3) is 3.37. The summed E-state index contributed by atoms with van der Waals surface area (Å²) in [5, 5.41) is 15.3. The third-order valence-electron chi connectivity index (χ3n) is 5.11. The molecule has 29 heavy (non-hydrogen) atoms. The molecular formula is C21H22N6O2. The monoisotopic (exact) mass is 390 g/mol. The van der Waals surface area contributed by atoms with Crippen LogP contribution in [-0.2, 0) is 22.6 Å². The van der Waals surface area contributed by atoms with Crippen molar-refractivity contribution in [2.75, 3.05) is 10.2 Å². The van der Waals surface area contributed by atoms with Crippen LogP contribution in [0, 0.1) is 0 Å². The Morgan fingerprint density at radius 2 is 1.83 bits per heavy atom. The summed E-state index contributed by atoms with van der Waals surface area (Å²) >= 11 is 0. The van der Waals surface area contributed by atoms with Gasteiger partial charge in [-0.15, -0.1) is 10.2 Å². The highest BCUT2D eigenvalue weighted by atomic mass is 16.2. The fraction of sp³-hybridized carbons (Fsp3) is 0.286. The van der Waals surface area contributed by atoms with Crippen LogP contribution in [0.2, 0.25) is 0 Å². The molecule has 0 saturated carbocycles. The first kappa shape index (κ1) is 18.8. The molecule has 2 heterocycles. The lowest BCUT2D eigenvalue weighted by atomic mass is 9.96. The Kier molecular flexibility index (Phi) is 4.62. The van der Waals surface area contributed by atoms with Gasteiger partial charge in [0.2, 0.25) is 11.7 Å². The number of hydrogen-bond acceptors (Lipinski definition) is 5. The molecule has 148 valence electrons. The van der Waals surface area contributed by atoms with E-state index >= 15 is 0 Å². The van der Waals surface area contributed by atoms with Crippen LogP contribution < -0.4 is 10.2 Å². The molecule has 8 heteroatoms. The number of benzene rings is 2. The molecule has 0 atom stereocenters. The molecule has 0 radical (unpaired) electrons. The van der Waals surface area contributed by atoms with Gasteiger partial charge in [0, 0.05) is 5.56 Å². The van der Waals surface area contributed by atoms with E-state index in [0.29, 0.717) is 17.2 Å². The van der Waals surface area contributed by atoms with Crippen LogP contribution in [0.1, 0.15) is 26.3 Å². The molecule has 0 saturated heterocycles. The van der Waals surface area contributed by atoms with Crippen molar-refractivity contribution in [3.05, 3.63) is 54.1 Å². The van der Waals surface area contributed by atoms with Crippen LogP contribution in [-0.4, -0.2) is 37.6 Å². The Bertz CT molecular complexity index is 1070. The number of anilines is 2. The van der Waals surface area contributed by atoms with E-state index in [0.717, 1.165) is 12.0 Å². The number of tetrazole rings is 1. The highest BCUT2D eigenvalue weighted by molar-refractivity contribution is 6.14. The van der Waals surface area contributed by atoms with Crippen LogP contribution in [0.15, 0.2) is 48.5 Å². The van der Waals surface area contributed by atoms with E-state index in [1.54, 1.807) is 19.9 Å². The first-order valence-corrected chi connectivity index (χ1v) is 9.51. The first-order valence-electron chi connectivity index (χ1n) is 9.51.